The molecule has 2 aliphatic rings. The predicted molar refractivity (Wildman–Crippen MR) is 135 cm³/mol. The van der Waals surface area contributed by atoms with E-state index in [1.54, 1.807) is 7.11 Å². The van der Waals surface area contributed by atoms with Crippen LogP contribution in [0.15, 0.2) is 24.4 Å². The number of ether oxygens (including phenoxy) is 1. The smallest absolute Gasteiger partial charge is 0.231 e. The van der Waals surface area contributed by atoms with E-state index in [2.05, 4.69) is 32.4 Å². The second-order valence-electron chi connectivity index (χ2n) is 9.13. The van der Waals surface area contributed by atoms with Crippen molar-refractivity contribution in [1.82, 2.24) is 19.9 Å². The van der Waals surface area contributed by atoms with Gasteiger partial charge in [-0.1, -0.05) is 6.92 Å². The summed E-state index contributed by atoms with van der Waals surface area (Å²) in [5.74, 6) is 1.95. The molecule has 3 heterocycles. The first-order valence-electron chi connectivity index (χ1n) is 11.9. The van der Waals surface area contributed by atoms with E-state index in [1.807, 2.05) is 31.3 Å². The lowest BCUT2D eigenvalue weighted by atomic mass is 10.2. The SMILES string of the molecule is CCCNc1nc(Nc2ccc(P3(=O)CCN(C4CC4)CC3)cc2OC)nc2[nH]cc(C)c12. The summed E-state index contributed by atoms with van der Waals surface area (Å²) in [6.07, 6.45) is 7.04. The number of H-pyrrole nitrogens is 1. The van der Waals surface area contributed by atoms with E-state index in [-0.39, 0.29) is 0 Å². The maximum absolute atomic E-state index is 13.7. The Labute approximate surface area is 194 Å². The fourth-order valence-corrected chi connectivity index (χ4v) is 7.24. The number of nitrogens with one attached hydrogen (secondary N) is 3. The number of aryl methyl sites for hydroxylation is 1. The molecule has 3 N–H and O–H groups in total. The molecule has 1 saturated heterocycles. The normalized spacial score (nSPS) is 18.4. The molecule has 0 spiro atoms. The van der Waals surface area contributed by atoms with Crippen LogP contribution in [0.4, 0.5) is 17.5 Å². The molecule has 2 fully saturated rings. The first kappa shape index (κ1) is 22.2. The van der Waals surface area contributed by atoms with E-state index in [1.165, 1.54) is 12.8 Å². The molecule has 0 bridgehead atoms. The largest absolute Gasteiger partial charge is 0.495 e. The van der Waals surface area contributed by atoms with Crippen LogP contribution in [0.2, 0.25) is 0 Å². The maximum Gasteiger partial charge on any atom is 0.231 e. The molecule has 9 heteroatoms. The highest BCUT2D eigenvalue weighted by molar-refractivity contribution is 7.71. The van der Waals surface area contributed by atoms with Crippen molar-refractivity contribution >= 4 is 40.9 Å². The molecular weight excluding hydrogens is 435 g/mol. The second-order valence-corrected chi connectivity index (χ2v) is 12.3. The van der Waals surface area contributed by atoms with E-state index >= 15 is 0 Å². The molecule has 0 unspecified atom stereocenters. The number of aromatic amines is 1. The quantitative estimate of drug-likeness (QED) is 0.424. The van der Waals surface area contributed by atoms with E-state index in [0.29, 0.717) is 11.7 Å². The molecule has 2 aromatic heterocycles. The van der Waals surface area contributed by atoms with Crippen molar-refractivity contribution in [2.24, 2.45) is 0 Å². The molecule has 8 nitrogen and oxygen atoms in total. The van der Waals surface area contributed by atoms with Crippen molar-refractivity contribution in [2.75, 3.05) is 49.7 Å². The number of fused-ring (bicyclic) bond motifs is 1. The van der Waals surface area contributed by atoms with Crippen molar-refractivity contribution in [3.63, 3.8) is 0 Å². The van der Waals surface area contributed by atoms with Gasteiger partial charge in [-0.2, -0.15) is 9.97 Å². The molecule has 5 rings (SSSR count). The van der Waals surface area contributed by atoms with Gasteiger partial charge in [-0.3, -0.25) is 4.90 Å². The van der Waals surface area contributed by atoms with E-state index in [0.717, 1.165) is 77.8 Å². The average Bonchev–Trinajstić information content (AvgIpc) is 3.61. The van der Waals surface area contributed by atoms with Crippen LogP contribution in [-0.2, 0) is 4.57 Å². The van der Waals surface area contributed by atoms with E-state index < -0.39 is 7.14 Å². The summed E-state index contributed by atoms with van der Waals surface area (Å²) in [5, 5.41) is 8.63. The van der Waals surface area contributed by atoms with Gasteiger partial charge in [0, 0.05) is 49.5 Å². The van der Waals surface area contributed by atoms with Crippen LogP contribution >= 0.6 is 7.14 Å². The van der Waals surface area contributed by atoms with Crippen molar-refractivity contribution in [3.05, 3.63) is 30.0 Å². The first-order chi connectivity index (χ1) is 16.0. The minimum Gasteiger partial charge on any atom is -0.495 e. The zero-order valence-electron chi connectivity index (χ0n) is 19.6. The second kappa shape index (κ2) is 8.99. The minimum absolute atomic E-state index is 0.485. The van der Waals surface area contributed by atoms with Crippen LogP contribution in [0.1, 0.15) is 31.7 Å². The van der Waals surface area contributed by atoms with Gasteiger partial charge in [0.15, 0.2) is 0 Å². The van der Waals surface area contributed by atoms with E-state index in [4.69, 9.17) is 9.72 Å². The van der Waals surface area contributed by atoms with Crippen molar-refractivity contribution in [3.8, 4) is 5.75 Å². The number of nitrogens with zero attached hydrogens (tertiary/aromatic N) is 3. The van der Waals surface area contributed by atoms with Crippen LogP contribution in [0.3, 0.4) is 0 Å². The number of aromatic nitrogens is 3. The standard InChI is InChI=1S/C24H33N6O2P/c1-4-9-25-22-21-16(2)15-26-23(21)29-24(28-22)27-19-8-7-18(14-20(19)32-3)33(31)12-10-30(11-13-33)17-5-6-17/h7-8,14-15,17H,4-6,9-13H2,1-3H3,(H3,25,26,27,28,29). The molecule has 1 aliphatic heterocycles. The number of hydrogen-bond donors (Lipinski definition) is 3. The van der Waals surface area contributed by atoms with Gasteiger partial charge in [-0.15, -0.1) is 0 Å². The van der Waals surface area contributed by atoms with Gasteiger partial charge in [-0.25, -0.2) is 0 Å². The minimum atomic E-state index is -2.40. The van der Waals surface area contributed by atoms with Crippen LogP contribution in [0, 0.1) is 6.92 Å². The van der Waals surface area contributed by atoms with Crippen LogP contribution in [0.5, 0.6) is 5.75 Å². The van der Waals surface area contributed by atoms with Crippen molar-refractivity contribution in [2.45, 2.75) is 39.2 Å². The third kappa shape index (κ3) is 4.46. The zero-order valence-corrected chi connectivity index (χ0v) is 20.5. The van der Waals surface area contributed by atoms with Gasteiger partial charge >= 0.3 is 0 Å². The number of anilines is 3. The monoisotopic (exact) mass is 468 g/mol. The van der Waals surface area contributed by atoms with Crippen LogP contribution < -0.4 is 20.7 Å². The summed E-state index contributed by atoms with van der Waals surface area (Å²) in [5.41, 5.74) is 2.65. The Morgan fingerprint density at radius 3 is 2.73 bits per heavy atom. The molecule has 1 aliphatic carbocycles. The topological polar surface area (TPSA) is 95.2 Å². The lowest BCUT2D eigenvalue weighted by Crippen LogP contribution is -2.38. The van der Waals surface area contributed by atoms with Crippen molar-refractivity contribution in [1.29, 1.82) is 0 Å². The fourth-order valence-electron chi connectivity index (χ4n) is 4.64. The fraction of sp³-hybridized carbons (Fsp3) is 0.500. The molecule has 33 heavy (non-hydrogen) atoms. The lowest BCUT2D eigenvalue weighted by Gasteiger charge is -2.32. The van der Waals surface area contributed by atoms with Crippen LogP contribution in [-0.4, -0.2) is 65.0 Å². The average molecular weight is 469 g/mol. The Morgan fingerprint density at radius 1 is 1.24 bits per heavy atom. The molecule has 3 aromatic rings. The Bertz CT molecular complexity index is 1190. The number of benzene rings is 1. The Hall–Kier alpha value is -2.57. The molecule has 0 amide bonds. The van der Waals surface area contributed by atoms with E-state index in [9.17, 15) is 4.57 Å². The Kier molecular flexibility index (Phi) is 6.06. The molecular formula is C24H33N6O2P. The number of methoxy groups -OCH3 is 1. The van der Waals surface area contributed by atoms with Gasteiger partial charge in [0.1, 0.15) is 24.4 Å². The van der Waals surface area contributed by atoms with Gasteiger partial charge in [0.05, 0.1) is 18.2 Å². The Morgan fingerprint density at radius 2 is 2.03 bits per heavy atom. The number of hydrogen-bond acceptors (Lipinski definition) is 7. The van der Waals surface area contributed by atoms with Gasteiger partial charge in [0.2, 0.25) is 5.95 Å². The summed E-state index contributed by atoms with van der Waals surface area (Å²) in [6.45, 7) is 6.87. The molecule has 1 saturated carbocycles. The molecule has 0 atom stereocenters. The Balaban J connectivity index is 1.40. The van der Waals surface area contributed by atoms with Gasteiger partial charge < -0.3 is 24.9 Å². The van der Waals surface area contributed by atoms with Crippen LogP contribution in [0.25, 0.3) is 11.0 Å². The number of rotatable bonds is 8. The lowest BCUT2D eigenvalue weighted by molar-refractivity contribution is 0.285. The zero-order chi connectivity index (χ0) is 23.0. The predicted octanol–water partition coefficient (Wildman–Crippen LogP) is 4.31. The third-order valence-electron chi connectivity index (χ3n) is 6.73. The highest BCUT2D eigenvalue weighted by atomic mass is 31.2. The maximum atomic E-state index is 13.7. The highest BCUT2D eigenvalue weighted by Crippen LogP contribution is 2.48. The highest BCUT2D eigenvalue weighted by Gasteiger charge is 2.37. The summed E-state index contributed by atoms with van der Waals surface area (Å²) in [4.78, 5) is 15.1. The van der Waals surface area contributed by atoms with Gasteiger partial charge in [0.25, 0.3) is 0 Å². The summed E-state index contributed by atoms with van der Waals surface area (Å²) >= 11 is 0. The van der Waals surface area contributed by atoms with Crippen molar-refractivity contribution < 1.29 is 9.30 Å². The third-order valence-corrected chi connectivity index (χ3v) is 9.80. The van der Waals surface area contributed by atoms with Gasteiger partial charge in [-0.05, 0) is 49.9 Å². The summed E-state index contributed by atoms with van der Waals surface area (Å²) in [7, 11) is -0.762. The summed E-state index contributed by atoms with van der Waals surface area (Å²) < 4.78 is 19.4. The summed E-state index contributed by atoms with van der Waals surface area (Å²) in [6, 6.07) is 6.58. The molecule has 176 valence electrons. The molecule has 0 radical (unpaired) electrons. The molecule has 1 aromatic carbocycles. The first-order valence-corrected chi connectivity index (χ1v) is 14.0.